The third kappa shape index (κ3) is 19.2. The van der Waals surface area contributed by atoms with Crippen LogP contribution in [-0.4, -0.2) is 38.1 Å². The molecule has 70 heavy (non-hydrogen) atoms. The molecule has 0 aliphatic carbocycles. The first-order valence-corrected chi connectivity index (χ1v) is 28.2. The van der Waals surface area contributed by atoms with E-state index in [4.69, 9.17) is 32.8 Å². The first-order chi connectivity index (χ1) is 31.2. The van der Waals surface area contributed by atoms with Crippen LogP contribution < -0.4 is 9.05 Å². The highest BCUT2D eigenvalue weighted by Gasteiger charge is 2.42. The van der Waals surface area contributed by atoms with Gasteiger partial charge < -0.3 is 33.9 Å². The van der Waals surface area contributed by atoms with Crippen molar-refractivity contribution < 1.29 is 43.0 Å². The second-order valence-electron chi connectivity index (χ2n) is 26.8. The Hall–Kier alpha value is -2.32. The van der Waals surface area contributed by atoms with Crippen molar-refractivity contribution in [1.82, 2.24) is 0 Å². The summed E-state index contributed by atoms with van der Waals surface area (Å²) in [6.07, 6.45) is 3.00. The summed E-state index contributed by atoms with van der Waals surface area (Å²) in [6.45, 7) is 58.1. The van der Waals surface area contributed by atoms with Crippen LogP contribution in [0.3, 0.4) is 0 Å². The predicted molar refractivity (Wildman–Crippen MR) is 298 cm³/mol. The van der Waals surface area contributed by atoms with E-state index in [0.29, 0.717) is 6.61 Å². The lowest BCUT2D eigenvalue weighted by Crippen LogP contribution is -2.36. The molecule has 2 atom stereocenters. The molecule has 3 rings (SSSR count). The highest BCUT2D eigenvalue weighted by atomic mass is 31.2. The second-order valence-corrected chi connectivity index (χ2v) is 28.9. The van der Waals surface area contributed by atoms with Gasteiger partial charge in [-0.05, 0) is 116 Å². The average Bonchev–Trinajstić information content (AvgIpc) is 3.16. The molecule has 0 aliphatic heterocycles. The fraction of sp³-hybridized carbons (Fsp3) is 0.695. The normalized spacial score (nSPS) is 14.6. The van der Waals surface area contributed by atoms with Crippen LogP contribution in [0, 0.1) is 19.3 Å². The lowest BCUT2D eigenvalue weighted by molar-refractivity contribution is -0.0319. The van der Waals surface area contributed by atoms with E-state index in [1.165, 1.54) is 38.9 Å². The quantitative estimate of drug-likeness (QED) is 0.106. The van der Waals surface area contributed by atoms with Gasteiger partial charge in [0.05, 0.1) is 19.3 Å². The van der Waals surface area contributed by atoms with E-state index in [9.17, 15) is 10.2 Å². The Balaban J connectivity index is 0.000000650. The first-order valence-electron chi connectivity index (χ1n) is 25.6. The molecule has 11 heteroatoms. The molecule has 0 fully saturated rings. The van der Waals surface area contributed by atoms with E-state index in [1.807, 2.05) is 6.92 Å². The van der Waals surface area contributed by atoms with Gasteiger partial charge in [0, 0.05) is 16.5 Å². The third-order valence-corrected chi connectivity index (χ3v) is 14.2. The standard InChI is InChI=1S/C32H51O3P.C27H48O2.H3O4P/c1-16-33-36(34-27-21(2)17-23(29(4,5)6)19-25(27)31(10,11)12)35-28-22(3)18-24(30(7,8)9)20-26(28)32(13,14)15;1-12-14-15-27(13-2,18-28)23(29)22-20(25(6,7)8)16-19(24(3,4)5)17-21(22)26(9,10)11;1-5(2,3)4/h17-20H,16H2,1-15H3;16-17,23,28-29H,12-15,18H2,1-11H3;(H3,1,2,3,4). The number of aliphatic hydroxyl groups excluding tert-OH is 2. The number of unbranched alkanes of at least 4 members (excludes halogenated alkanes) is 1. The zero-order valence-corrected chi connectivity index (χ0v) is 50.8. The molecule has 0 bridgehead atoms. The monoisotopic (exact) mass is 1020 g/mol. The van der Waals surface area contributed by atoms with Crippen LogP contribution >= 0.6 is 16.4 Å². The molecule has 2 unspecified atom stereocenters. The van der Waals surface area contributed by atoms with Gasteiger partial charge in [0.1, 0.15) is 11.5 Å². The topological polar surface area (TPSA) is 146 Å². The molecule has 0 amide bonds. The van der Waals surface area contributed by atoms with Gasteiger partial charge in [-0.1, -0.05) is 208 Å². The minimum absolute atomic E-state index is 0.0128. The summed E-state index contributed by atoms with van der Waals surface area (Å²) in [5, 5.41) is 22.3. The van der Waals surface area contributed by atoms with Gasteiger partial charge in [-0.2, -0.15) is 0 Å². The van der Waals surface area contributed by atoms with Crippen molar-refractivity contribution in [2.45, 2.75) is 250 Å². The summed E-state index contributed by atoms with van der Waals surface area (Å²) in [5.41, 5.74) is 11.2. The number of benzene rings is 3. The van der Waals surface area contributed by atoms with Gasteiger partial charge in [-0.3, -0.25) is 4.52 Å². The van der Waals surface area contributed by atoms with E-state index in [-0.39, 0.29) is 44.5 Å². The average molecular weight is 1020 g/mol. The lowest BCUT2D eigenvalue weighted by atomic mass is 9.65. The van der Waals surface area contributed by atoms with Crippen LogP contribution in [0.25, 0.3) is 0 Å². The molecule has 0 aliphatic rings. The molecule has 5 N–H and O–H groups in total. The molecule has 0 spiro atoms. The fourth-order valence-corrected chi connectivity index (χ4v) is 9.47. The van der Waals surface area contributed by atoms with Gasteiger partial charge in [0.2, 0.25) is 0 Å². The lowest BCUT2D eigenvalue weighted by Gasteiger charge is -2.42. The molecule has 9 nitrogen and oxygen atoms in total. The van der Waals surface area contributed by atoms with Crippen molar-refractivity contribution in [3.05, 3.63) is 92.0 Å². The molecule has 0 heterocycles. The van der Waals surface area contributed by atoms with Crippen molar-refractivity contribution in [1.29, 1.82) is 0 Å². The van der Waals surface area contributed by atoms with Crippen LogP contribution in [0.5, 0.6) is 11.5 Å². The maximum atomic E-state index is 11.9. The van der Waals surface area contributed by atoms with E-state index < -0.39 is 27.9 Å². The zero-order valence-electron chi connectivity index (χ0n) is 49.0. The van der Waals surface area contributed by atoms with Crippen LogP contribution in [0.15, 0.2) is 36.4 Å². The first kappa shape index (κ1) is 65.7. The van der Waals surface area contributed by atoms with Gasteiger partial charge in [-0.25, -0.2) is 4.57 Å². The fourth-order valence-electron chi connectivity index (χ4n) is 8.34. The Labute approximate surface area is 429 Å². The van der Waals surface area contributed by atoms with Crippen molar-refractivity contribution in [2.24, 2.45) is 5.41 Å². The number of hydrogen-bond donors (Lipinski definition) is 5. The Bertz CT molecular complexity index is 2060. The summed E-state index contributed by atoms with van der Waals surface area (Å²) in [5.74, 6) is 1.74. The summed E-state index contributed by atoms with van der Waals surface area (Å²) < 4.78 is 28.3. The van der Waals surface area contributed by atoms with Crippen LogP contribution in [0.4, 0.5) is 0 Å². The smallest absolute Gasteiger partial charge is 0.417 e. The van der Waals surface area contributed by atoms with Gasteiger partial charge >= 0.3 is 16.4 Å². The Morgan fingerprint density at radius 3 is 1.07 bits per heavy atom. The van der Waals surface area contributed by atoms with E-state index in [2.05, 4.69) is 209 Å². The van der Waals surface area contributed by atoms with Crippen molar-refractivity contribution >= 4 is 16.4 Å². The molecule has 0 radical (unpaired) electrons. The summed E-state index contributed by atoms with van der Waals surface area (Å²) >= 11 is 0. The minimum atomic E-state index is -4.64. The number of aliphatic hydroxyl groups is 2. The van der Waals surface area contributed by atoms with Crippen LogP contribution in [0.2, 0.25) is 0 Å². The van der Waals surface area contributed by atoms with Gasteiger partial charge in [0.15, 0.2) is 0 Å². The van der Waals surface area contributed by atoms with Crippen LogP contribution in [-0.2, 0) is 47.0 Å². The number of rotatable bonds is 13. The number of phosphoric acid groups is 1. The third-order valence-electron chi connectivity index (χ3n) is 13.0. The molecule has 402 valence electrons. The van der Waals surface area contributed by atoms with E-state index >= 15 is 0 Å². The van der Waals surface area contributed by atoms with Gasteiger partial charge in [-0.15, -0.1) is 0 Å². The molecular formula is C59H102O9P2. The zero-order chi connectivity index (χ0) is 55.2. The largest absolute Gasteiger partial charge is 0.466 e. The summed E-state index contributed by atoms with van der Waals surface area (Å²) in [4.78, 5) is 21.6. The Morgan fingerprint density at radius 2 is 0.829 bits per heavy atom. The van der Waals surface area contributed by atoms with Gasteiger partial charge in [0.25, 0.3) is 0 Å². The highest BCUT2D eigenvalue weighted by molar-refractivity contribution is 7.45. The minimum Gasteiger partial charge on any atom is -0.417 e. The van der Waals surface area contributed by atoms with Crippen molar-refractivity contribution in [2.75, 3.05) is 13.2 Å². The highest BCUT2D eigenvalue weighted by Crippen LogP contribution is 2.51. The maximum Gasteiger partial charge on any atom is 0.466 e. The van der Waals surface area contributed by atoms with Crippen molar-refractivity contribution in [3.63, 3.8) is 0 Å². The molecule has 0 saturated carbocycles. The predicted octanol–water partition coefficient (Wildman–Crippen LogP) is 16.5. The molecular weight excluding hydrogens is 915 g/mol. The summed E-state index contributed by atoms with van der Waals surface area (Å²) in [6, 6.07) is 13.7. The molecule has 0 saturated heterocycles. The van der Waals surface area contributed by atoms with E-state index in [1.54, 1.807) is 0 Å². The number of aryl methyl sites for hydroxylation is 2. The maximum absolute atomic E-state index is 11.9. The van der Waals surface area contributed by atoms with Crippen LogP contribution in [0.1, 0.15) is 254 Å². The Morgan fingerprint density at radius 1 is 0.529 bits per heavy atom. The molecule has 3 aromatic rings. The Kier molecular flexibility index (Phi) is 22.9. The summed E-state index contributed by atoms with van der Waals surface area (Å²) in [7, 11) is -6.29. The SMILES string of the molecule is CCCCC(CC)(CO)C(O)c1c(C(C)(C)C)cc(C(C)(C)C)cc1C(C)(C)C.CCOP(Oc1c(C)cc(C(C)(C)C)cc1C(C)(C)C)Oc1c(C)cc(C(C)(C)C)cc1C(C)(C)C.O=P(O)(O)O. The number of hydrogen-bond acceptors (Lipinski definition) is 6. The van der Waals surface area contributed by atoms with Crippen molar-refractivity contribution in [3.8, 4) is 11.5 Å². The molecule has 0 aromatic heterocycles. The van der Waals surface area contributed by atoms with E-state index in [0.717, 1.165) is 53.9 Å². The second kappa shape index (κ2) is 24.4. The molecule has 3 aromatic carbocycles.